The van der Waals surface area contributed by atoms with Gasteiger partial charge in [0.2, 0.25) is 0 Å². The van der Waals surface area contributed by atoms with Crippen LogP contribution in [0.3, 0.4) is 0 Å². The van der Waals surface area contributed by atoms with E-state index in [1.54, 1.807) is 0 Å². The van der Waals surface area contributed by atoms with Crippen molar-refractivity contribution in [1.29, 1.82) is 0 Å². The van der Waals surface area contributed by atoms with Gasteiger partial charge >= 0.3 is 0 Å². The summed E-state index contributed by atoms with van der Waals surface area (Å²) in [7, 11) is 0.793. The quantitative estimate of drug-likeness (QED) is 0.768. The lowest BCUT2D eigenvalue weighted by Gasteiger charge is -2.40. The summed E-state index contributed by atoms with van der Waals surface area (Å²) in [6.45, 7) is 0.817. The summed E-state index contributed by atoms with van der Waals surface area (Å²) < 4.78 is 5.87. The smallest absolute Gasteiger partial charge is 0.146 e. The van der Waals surface area contributed by atoms with Gasteiger partial charge in [0.15, 0.2) is 0 Å². The fourth-order valence-electron chi connectivity index (χ4n) is 4.04. The highest BCUT2D eigenvalue weighted by atomic mass is 28.2. The van der Waals surface area contributed by atoms with Crippen LogP contribution in [0.25, 0.3) is 0 Å². The van der Waals surface area contributed by atoms with Crippen LogP contribution >= 0.6 is 0 Å². The highest BCUT2D eigenvalue weighted by molar-refractivity contribution is 5.98. The number of rotatable bonds is 5. The minimum absolute atomic E-state index is 0.0285. The van der Waals surface area contributed by atoms with Crippen molar-refractivity contribution < 1.29 is 4.43 Å². The van der Waals surface area contributed by atoms with Crippen LogP contribution in [-0.4, -0.2) is 17.1 Å². The standard InChI is InChI=1S/C19H24OSi/c21-20-15-19(18-13-7-8-14-18,16-9-3-1-4-10-16)17-11-5-2-6-12-17/h1-6,9-12,18H,7-8,13-15H2,21H3. The average Bonchev–Trinajstić information content (AvgIpc) is 3.09. The Morgan fingerprint density at radius 3 is 1.76 bits per heavy atom. The van der Waals surface area contributed by atoms with E-state index in [0.29, 0.717) is 5.92 Å². The summed E-state index contributed by atoms with van der Waals surface area (Å²) in [6.07, 6.45) is 5.34. The summed E-state index contributed by atoms with van der Waals surface area (Å²) in [5, 5.41) is 0. The molecular formula is C19H24OSi. The molecule has 0 aliphatic heterocycles. The first-order valence-corrected chi connectivity index (χ1v) is 8.79. The van der Waals surface area contributed by atoms with Gasteiger partial charge in [-0.15, -0.1) is 0 Å². The van der Waals surface area contributed by atoms with Crippen LogP contribution in [0.5, 0.6) is 0 Å². The van der Waals surface area contributed by atoms with Crippen molar-refractivity contribution >= 4 is 10.5 Å². The molecule has 1 fully saturated rings. The maximum Gasteiger partial charge on any atom is 0.146 e. The molecule has 0 bridgehead atoms. The topological polar surface area (TPSA) is 9.23 Å². The van der Waals surface area contributed by atoms with Crippen LogP contribution in [0.4, 0.5) is 0 Å². The number of hydrogen-bond donors (Lipinski definition) is 0. The minimum atomic E-state index is 0.0285. The molecule has 0 heterocycles. The van der Waals surface area contributed by atoms with Crippen LogP contribution in [0, 0.1) is 5.92 Å². The second-order valence-electron chi connectivity index (χ2n) is 6.12. The molecule has 1 aliphatic carbocycles. The lowest BCUT2D eigenvalue weighted by Crippen LogP contribution is -2.40. The number of hydrogen-bond acceptors (Lipinski definition) is 1. The highest BCUT2D eigenvalue weighted by Gasteiger charge is 2.42. The Balaban J connectivity index is 2.15. The van der Waals surface area contributed by atoms with Gasteiger partial charge in [0, 0.05) is 12.0 Å². The van der Waals surface area contributed by atoms with Crippen molar-refractivity contribution in [1.82, 2.24) is 0 Å². The first-order chi connectivity index (χ1) is 10.4. The second kappa shape index (κ2) is 6.59. The number of benzene rings is 2. The summed E-state index contributed by atoms with van der Waals surface area (Å²) in [5.74, 6) is 0.691. The average molecular weight is 296 g/mol. The molecule has 0 atom stereocenters. The van der Waals surface area contributed by atoms with Crippen molar-refractivity contribution in [2.75, 3.05) is 6.61 Å². The summed E-state index contributed by atoms with van der Waals surface area (Å²) in [6, 6.07) is 22.0. The van der Waals surface area contributed by atoms with Crippen LogP contribution in [0.15, 0.2) is 60.7 Å². The molecule has 0 N–H and O–H groups in total. The summed E-state index contributed by atoms with van der Waals surface area (Å²) >= 11 is 0. The second-order valence-corrected chi connectivity index (χ2v) is 6.70. The lowest BCUT2D eigenvalue weighted by molar-refractivity contribution is 0.197. The molecular weight excluding hydrogens is 272 g/mol. The van der Waals surface area contributed by atoms with Crippen molar-refractivity contribution in [3.63, 3.8) is 0 Å². The maximum atomic E-state index is 5.87. The zero-order chi connectivity index (χ0) is 14.5. The predicted octanol–water partition coefficient (Wildman–Crippen LogP) is 3.46. The van der Waals surface area contributed by atoms with Gasteiger partial charge in [-0.05, 0) is 29.9 Å². The molecule has 1 nitrogen and oxygen atoms in total. The molecule has 1 aliphatic rings. The van der Waals surface area contributed by atoms with E-state index in [2.05, 4.69) is 60.7 Å². The fraction of sp³-hybridized carbons (Fsp3) is 0.368. The Labute approximate surface area is 130 Å². The fourth-order valence-corrected chi connectivity index (χ4v) is 4.50. The van der Waals surface area contributed by atoms with Gasteiger partial charge in [-0.3, -0.25) is 0 Å². The Kier molecular flexibility index (Phi) is 4.56. The van der Waals surface area contributed by atoms with Crippen molar-refractivity contribution in [2.24, 2.45) is 5.92 Å². The van der Waals surface area contributed by atoms with Crippen molar-refractivity contribution in [3.8, 4) is 0 Å². The van der Waals surface area contributed by atoms with Crippen LogP contribution in [-0.2, 0) is 9.84 Å². The molecule has 110 valence electrons. The van der Waals surface area contributed by atoms with E-state index in [9.17, 15) is 0 Å². The monoisotopic (exact) mass is 296 g/mol. The summed E-state index contributed by atoms with van der Waals surface area (Å²) in [5.41, 5.74) is 2.86. The van der Waals surface area contributed by atoms with Gasteiger partial charge in [-0.25, -0.2) is 0 Å². The molecule has 2 heteroatoms. The third-order valence-electron chi connectivity index (χ3n) is 5.00. The van der Waals surface area contributed by atoms with Crippen molar-refractivity contribution in [3.05, 3.63) is 71.8 Å². The van der Waals surface area contributed by atoms with Gasteiger partial charge in [0.25, 0.3) is 0 Å². The Hall–Kier alpha value is -1.38. The molecule has 3 rings (SSSR count). The normalized spacial score (nSPS) is 16.4. The first-order valence-electron chi connectivity index (χ1n) is 7.98. The molecule has 0 spiro atoms. The van der Waals surface area contributed by atoms with E-state index in [4.69, 9.17) is 4.43 Å². The van der Waals surface area contributed by atoms with Crippen LogP contribution in [0.1, 0.15) is 36.8 Å². The van der Waals surface area contributed by atoms with E-state index < -0.39 is 0 Å². The molecule has 2 aromatic rings. The molecule has 2 aromatic carbocycles. The first kappa shape index (κ1) is 14.5. The third kappa shape index (κ3) is 2.70. The van der Waals surface area contributed by atoms with Gasteiger partial charge in [-0.1, -0.05) is 73.5 Å². The van der Waals surface area contributed by atoms with Crippen LogP contribution < -0.4 is 0 Å². The van der Waals surface area contributed by atoms with Gasteiger partial charge < -0.3 is 4.43 Å². The third-order valence-corrected chi connectivity index (χ3v) is 5.29. The van der Waals surface area contributed by atoms with E-state index in [1.165, 1.54) is 36.8 Å². The molecule has 0 aromatic heterocycles. The minimum Gasteiger partial charge on any atom is -0.427 e. The van der Waals surface area contributed by atoms with Gasteiger partial charge in [0.05, 0.1) is 0 Å². The maximum absolute atomic E-state index is 5.87. The van der Waals surface area contributed by atoms with E-state index in [0.717, 1.165) is 17.1 Å². The Morgan fingerprint density at radius 1 is 0.857 bits per heavy atom. The lowest BCUT2D eigenvalue weighted by atomic mass is 9.65. The van der Waals surface area contributed by atoms with Crippen LogP contribution in [0.2, 0.25) is 0 Å². The SMILES string of the molecule is [SiH3]OCC(c1ccccc1)(c1ccccc1)C1CCCC1. The molecule has 21 heavy (non-hydrogen) atoms. The molecule has 0 unspecified atom stereocenters. The van der Waals surface area contributed by atoms with Gasteiger partial charge in [0.1, 0.15) is 10.5 Å². The van der Waals surface area contributed by atoms with E-state index >= 15 is 0 Å². The van der Waals surface area contributed by atoms with Crippen molar-refractivity contribution in [2.45, 2.75) is 31.1 Å². The largest absolute Gasteiger partial charge is 0.427 e. The molecule has 1 saturated carbocycles. The summed E-state index contributed by atoms with van der Waals surface area (Å²) in [4.78, 5) is 0. The Morgan fingerprint density at radius 2 is 1.33 bits per heavy atom. The zero-order valence-electron chi connectivity index (χ0n) is 12.8. The highest BCUT2D eigenvalue weighted by Crippen LogP contribution is 2.46. The Bertz CT molecular complexity index is 507. The molecule has 0 amide bonds. The van der Waals surface area contributed by atoms with E-state index in [1.807, 2.05) is 0 Å². The zero-order valence-corrected chi connectivity index (χ0v) is 14.8. The van der Waals surface area contributed by atoms with Gasteiger partial charge in [-0.2, -0.15) is 0 Å². The predicted molar refractivity (Wildman–Crippen MR) is 91.5 cm³/mol. The van der Waals surface area contributed by atoms with E-state index in [-0.39, 0.29) is 5.41 Å². The molecule has 0 saturated heterocycles. The molecule has 0 radical (unpaired) electrons.